The van der Waals surface area contributed by atoms with E-state index in [-0.39, 0.29) is 42.6 Å². The Morgan fingerprint density at radius 2 is 1.94 bits per heavy atom. The van der Waals surface area contributed by atoms with Crippen molar-refractivity contribution in [1.29, 1.82) is 0 Å². The molecule has 1 aliphatic rings. The fourth-order valence-corrected chi connectivity index (χ4v) is 3.85. The standard InChI is InChI=1S/C20H16F5N5O3S/c21-13-2-1-3-16(26-13)34(32)29-18(31)12-4-5-14(27-17(12)22)30-10-6-15(28-30)33-11-9-19(7-8-19)20(23,24)25/h1-6,10H,7-9,11H2,(H,29,31)/t34-/m1/s1. The van der Waals surface area contributed by atoms with Gasteiger partial charge in [0.15, 0.2) is 5.82 Å². The van der Waals surface area contributed by atoms with Crippen LogP contribution in [0.5, 0.6) is 5.88 Å². The van der Waals surface area contributed by atoms with Crippen LogP contribution in [-0.2, 0) is 11.4 Å². The number of rotatable bonds is 8. The highest BCUT2D eigenvalue weighted by molar-refractivity contribution is 7.90. The summed E-state index contributed by atoms with van der Waals surface area (Å²) in [6.45, 7) is -0.186. The minimum absolute atomic E-state index is 0.0278. The van der Waals surface area contributed by atoms with E-state index in [0.29, 0.717) is 0 Å². The Balaban J connectivity index is 1.37. The first kappa shape index (κ1) is 23.9. The van der Waals surface area contributed by atoms with Crippen molar-refractivity contribution in [3.63, 3.8) is 0 Å². The average Bonchev–Trinajstić information content (AvgIpc) is 3.43. The summed E-state index contributed by atoms with van der Waals surface area (Å²) in [5.74, 6) is -3.17. The normalized spacial score (nSPS) is 15.6. The highest BCUT2D eigenvalue weighted by Gasteiger charge is 2.62. The van der Waals surface area contributed by atoms with Crippen LogP contribution in [0.2, 0.25) is 0 Å². The van der Waals surface area contributed by atoms with E-state index in [9.17, 15) is 31.3 Å². The van der Waals surface area contributed by atoms with Crippen LogP contribution in [0.15, 0.2) is 47.6 Å². The van der Waals surface area contributed by atoms with Crippen LogP contribution in [0.3, 0.4) is 0 Å². The zero-order valence-electron chi connectivity index (χ0n) is 17.2. The number of carbonyl (C=O) groups excluding carboxylic acids is 1. The number of aromatic nitrogens is 4. The van der Waals surface area contributed by atoms with E-state index in [4.69, 9.17) is 4.74 Å². The molecule has 1 atom stereocenters. The van der Waals surface area contributed by atoms with Gasteiger partial charge in [-0.2, -0.15) is 36.6 Å². The Labute approximate surface area is 192 Å². The largest absolute Gasteiger partial charge is 0.587 e. The molecule has 8 nitrogen and oxygen atoms in total. The molecule has 0 aliphatic heterocycles. The van der Waals surface area contributed by atoms with Crippen LogP contribution in [0, 0.1) is 17.3 Å². The maximum Gasteiger partial charge on any atom is 0.394 e. The smallest absolute Gasteiger partial charge is 0.394 e. The van der Waals surface area contributed by atoms with Gasteiger partial charge in [-0.1, -0.05) is 6.07 Å². The maximum atomic E-state index is 14.4. The lowest BCUT2D eigenvalue weighted by atomic mass is 10.0. The summed E-state index contributed by atoms with van der Waals surface area (Å²) in [6.07, 6.45) is -2.95. The molecule has 3 aromatic heterocycles. The molecule has 1 N–H and O–H groups in total. The van der Waals surface area contributed by atoms with Crippen molar-refractivity contribution in [1.82, 2.24) is 24.5 Å². The van der Waals surface area contributed by atoms with Crippen molar-refractivity contribution >= 4 is 17.3 Å². The molecule has 14 heteroatoms. The number of hydrogen-bond acceptors (Lipinski definition) is 6. The van der Waals surface area contributed by atoms with Crippen molar-refractivity contribution in [3.05, 3.63) is 60.1 Å². The molecule has 0 radical (unpaired) electrons. The second-order valence-electron chi connectivity index (χ2n) is 7.48. The number of nitrogens with zero attached hydrogens (tertiary/aromatic N) is 4. The summed E-state index contributed by atoms with van der Waals surface area (Å²) >= 11 is -2.23. The predicted octanol–water partition coefficient (Wildman–Crippen LogP) is 3.50. The van der Waals surface area contributed by atoms with Gasteiger partial charge in [0.1, 0.15) is 11.4 Å². The lowest BCUT2D eigenvalue weighted by Gasteiger charge is -2.18. The number of carbonyl (C=O) groups is 1. The Bertz CT molecular complexity index is 1200. The monoisotopic (exact) mass is 501 g/mol. The van der Waals surface area contributed by atoms with Gasteiger partial charge in [-0.15, -0.1) is 5.10 Å². The van der Waals surface area contributed by atoms with E-state index < -0.39 is 46.3 Å². The van der Waals surface area contributed by atoms with Crippen molar-refractivity contribution in [3.8, 4) is 11.7 Å². The lowest BCUT2D eigenvalue weighted by Crippen LogP contribution is -2.32. The topological polar surface area (TPSA) is 105 Å². The van der Waals surface area contributed by atoms with E-state index >= 15 is 0 Å². The Morgan fingerprint density at radius 1 is 1.18 bits per heavy atom. The van der Waals surface area contributed by atoms with Gasteiger partial charge in [-0.25, -0.2) is 4.68 Å². The maximum absolute atomic E-state index is 14.4. The molecule has 1 saturated carbocycles. The first-order chi connectivity index (χ1) is 16.1. The van der Waals surface area contributed by atoms with Gasteiger partial charge in [0.2, 0.25) is 17.8 Å². The second kappa shape index (κ2) is 9.18. The average molecular weight is 501 g/mol. The van der Waals surface area contributed by atoms with Crippen LogP contribution in [0.4, 0.5) is 22.0 Å². The van der Waals surface area contributed by atoms with E-state index in [1.807, 2.05) is 4.72 Å². The van der Waals surface area contributed by atoms with Crippen LogP contribution in [-0.4, -0.2) is 43.0 Å². The number of nitrogens with one attached hydrogen (secondary N) is 1. The molecule has 4 rings (SSSR count). The van der Waals surface area contributed by atoms with Crippen molar-refractivity contribution in [2.24, 2.45) is 5.41 Å². The number of amides is 1. The van der Waals surface area contributed by atoms with Gasteiger partial charge in [-0.3, -0.25) is 4.79 Å². The highest BCUT2D eigenvalue weighted by atomic mass is 32.2. The molecule has 0 unspecified atom stereocenters. The summed E-state index contributed by atoms with van der Waals surface area (Å²) in [7, 11) is 0. The van der Waals surface area contributed by atoms with Crippen LogP contribution in [0.25, 0.3) is 5.82 Å². The summed E-state index contributed by atoms with van der Waals surface area (Å²) in [5, 5.41) is 3.73. The minimum atomic E-state index is -4.27. The summed E-state index contributed by atoms with van der Waals surface area (Å²) in [6, 6.07) is 7.21. The van der Waals surface area contributed by atoms with Crippen molar-refractivity contribution < 1.29 is 36.0 Å². The van der Waals surface area contributed by atoms with E-state index in [0.717, 1.165) is 16.8 Å². The fraction of sp³-hybridized carbons (Fsp3) is 0.300. The molecule has 0 saturated heterocycles. The molecule has 1 amide bonds. The third-order valence-electron chi connectivity index (χ3n) is 5.23. The van der Waals surface area contributed by atoms with Gasteiger partial charge in [0, 0.05) is 18.3 Å². The van der Waals surface area contributed by atoms with E-state index in [1.165, 1.54) is 30.5 Å². The minimum Gasteiger partial charge on any atom is -0.587 e. The quantitative estimate of drug-likeness (QED) is 0.288. The molecule has 0 spiro atoms. The zero-order chi connectivity index (χ0) is 24.5. The molecule has 0 bridgehead atoms. The molecule has 3 heterocycles. The lowest BCUT2D eigenvalue weighted by molar-refractivity contribution is -0.190. The van der Waals surface area contributed by atoms with Crippen LogP contribution >= 0.6 is 0 Å². The zero-order valence-corrected chi connectivity index (χ0v) is 18.0. The van der Waals surface area contributed by atoms with E-state index in [2.05, 4.69) is 15.1 Å². The Morgan fingerprint density at radius 3 is 2.59 bits per heavy atom. The number of pyridine rings is 2. The molecule has 1 fully saturated rings. The number of halogens is 5. The third-order valence-corrected chi connectivity index (χ3v) is 6.21. The van der Waals surface area contributed by atoms with Crippen LogP contribution < -0.4 is 9.46 Å². The molecule has 0 aromatic carbocycles. The van der Waals surface area contributed by atoms with Gasteiger partial charge in [-0.05, 0) is 37.5 Å². The molecule has 34 heavy (non-hydrogen) atoms. The van der Waals surface area contributed by atoms with Gasteiger partial charge >= 0.3 is 6.18 Å². The second-order valence-corrected chi connectivity index (χ2v) is 8.64. The molecular weight excluding hydrogens is 485 g/mol. The summed E-state index contributed by atoms with van der Waals surface area (Å²) in [4.78, 5) is 19.2. The molecule has 3 aromatic rings. The summed E-state index contributed by atoms with van der Waals surface area (Å²) < 4.78 is 87.0. The molecular formula is C20H16F5N5O3S. The van der Waals surface area contributed by atoms with Gasteiger partial charge < -0.3 is 9.29 Å². The number of hydrogen-bond donors (Lipinski definition) is 1. The molecule has 180 valence electrons. The fourth-order valence-electron chi connectivity index (χ4n) is 3.09. The SMILES string of the molecule is O=C(N[S@+]([O-])c1cccc(F)n1)c1ccc(-n2ccc(OCCC3(C(F)(F)F)CC3)n2)nc1F. The van der Waals surface area contributed by atoms with Gasteiger partial charge in [0.25, 0.3) is 10.9 Å². The first-order valence-electron chi connectivity index (χ1n) is 9.85. The molecule has 1 aliphatic carbocycles. The van der Waals surface area contributed by atoms with Crippen molar-refractivity contribution in [2.45, 2.75) is 30.5 Å². The van der Waals surface area contributed by atoms with Gasteiger partial charge in [0.05, 0.1) is 17.6 Å². The predicted molar refractivity (Wildman–Crippen MR) is 107 cm³/mol. The Kier molecular flexibility index (Phi) is 6.45. The number of ether oxygens (including phenoxy) is 1. The Hall–Kier alpha value is -3.26. The third kappa shape index (κ3) is 5.12. The van der Waals surface area contributed by atoms with Crippen LogP contribution in [0.1, 0.15) is 29.6 Å². The number of alkyl halides is 3. The highest BCUT2D eigenvalue weighted by Crippen LogP contribution is 2.59. The van der Waals surface area contributed by atoms with E-state index in [1.54, 1.807) is 0 Å². The summed E-state index contributed by atoms with van der Waals surface area (Å²) in [5.41, 5.74) is -2.22. The van der Waals surface area contributed by atoms with Crippen molar-refractivity contribution in [2.75, 3.05) is 6.61 Å². The first-order valence-corrected chi connectivity index (χ1v) is 11.0.